The molecule has 4 nitrogen and oxygen atoms in total. The van der Waals surface area contributed by atoms with Crippen LogP contribution >= 0.6 is 0 Å². The highest BCUT2D eigenvalue weighted by Crippen LogP contribution is 2.41. The summed E-state index contributed by atoms with van der Waals surface area (Å²) in [7, 11) is 0. The zero-order valence-corrected chi connectivity index (χ0v) is 13.7. The first kappa shape index (κ1) is 14.7. The molecule has 0 aliphatic rings. The summed E-state index contributed by atoms with van der Waals surface area (Å²) in [4.78, 5) is 24.0. The molecule has 0 spiro atoms. The summed E-state index contributed by atoms with van der Waals surface area (Å²) in [6.07, 6.45) is 0. The van der Waals surface area contributed by atoms with Crippen LogP contribution in [0.3, 0.4) is 0 Å². The Bertz CT molecular complexity index is 1290. The fourth-order valence-corrected chi connectivity index (χ4v) is 4.14. The summed E-state index contributed by atoms with van der Waals surface area (Å²) in [6, 6.07) is 19.5. The Hall–Kier alpha value is -3.66. The first-order valence-corrected chi connectivity index (χ1v) is 8.29. The minimum atomic E-state index is -0.576. The largest absolute Gasteiger partial charge is 0.366 e. The molecule has 0 fully saturated rings. The standard InChI is InChI=1S/C22H14N2O2/c23-21(25)16-9-7-14-12-5-1-3-11-4-2-6-13(18(11)12)15-8-10-17(22(24)26)20(16)19(14)15/h1-10H,(H2,23,25)(H2,24,26). The van der Waals surface area contributed by atoms with Crippen LogP contribution in [0.2, 0.25) is 0 Å². The van der Waals surface area contributed by atoms with Crippen LogP contribution in [-0.4, -0.2) is 11.8 Å². The van der Waals surface area contributed by atoms with Crippen molar-refractivity contribution in [2.45, 2.75) is 0 Å². The van der Waals surface area contributed by atoms with Gasteiger partial charge in [0.1, 0.15) is 0 Å². The minimum Gasteiger partial charge on any atom is -0.366 e. The Balaban J connectivity index is 2.20. The van der Waals surface area contributed by atoms with E-state index in [4.69, 9.17) is 11.5 Å². The number of amides is 2. The van der Waals surface area contributed by atoms with Gasteiger partial charge in [-0.2, -0.15) is 0 Å². The molecule has 5 aromatic rings. The fourth-order valence-electron chi connectivity index (χ4n) is 4.14. The van der Waals surface area contributed by atoms with Crippen LogP contribution in [0.25, 0.3) is 43.1 Å². The number of nitrogens with two attached hydrogens (primary N) is 2. The predicted octanol–water partition coefficient (Wildman–Crippen LogP) is 3.94. The van der Waals surface area contributed by atoms with Crippen molar-refractivity contribution in [1.82, 2.24) is 0 Å². The molecule has 5 rings (SSSR count). The monoisotopic (exact) mass is 338 g/mol. The molecule has 0 aromatic heterocycles. The molecule has 4 N–H and O–H groups in total. The van der Waals surface area contributed by atoms with E-state index in [0.29, 0.717) is 16.5 Å². The summed E-state index contributed by atoms with van der Waals surface area (Å²) < 4.78 is 0. The van der Waals surface area contributed by atoms with E-state index in [9.17, 15) is 9.59 Å². The molecule has 0 saturated carbocycles. The summed E-state index contributed by atoms with van der Waals surface area (Å²) >= 11 is 0. The van der Waals surface area contributed by atoms with Gasteiger partial charge in [0.2, 0.25) is 11.8 Å². The third kappa shape index (κ3) is 1.73. The van der Waals surface area contributed by atoms with Crippen LogP contribution in [0.1, 0.15) is 20.7 Å². The van der Waals surface area contributed by atoms with Crippen molar-refractivity contribution in [1.29, 1.82) is 0 Å². The molecule has 0 saturated heterocycles. The molecule has 0 bridgehead atoms. The lowest BCUT2D eigenvalue weighted by Gasteiger charge is -2.17. The average Bonchev–Trinajstić information content (AvgIpc) is 2.64. The molecular formula is C22H14N2O2. The van der Waals surface area contributed by atoms with E-state index < -0.39 is 11.8 Å². The van der Waals surface area contributed by atoms with Crippen molar-refractivity contribution in [3.05, 3.63) is 71.8 Å². The van der Waals surface area contributed by atoms with Crippen LogP contribution < -0.4 is 11.5 Å². The van der Waals surface area contributed by atoms with Crippen molar-refractivity contribution in [2.75, 3.05) is 0 Å². The lowest BCUT2D eigenvalue weighted by molar-refractivity contribution is 0.0998. The second kappa shape index (κ2) is 4.92. The Labute approximate surface area is 148 Å². The zero-order valence-electron chi connectivity index (χ0n) is 13.7. The lowest BCUT2D eigenvalue weighted by atomic mass is 9.86. The van der Waals surface area contributed by atoms with E-state index in [2.05, 4.69) is 24.3 Å². The fraction of sp³-hybridized carbons (Fsp3) is 0. The first-order valence-electron chi connectivity index (χ1n) is 8.29. The molecule has 0 aliphatic carbocycles. The highest BCUT2D eigenvalue weighted by molar-refractivity contribution is 6.36. The SMILES string of the molecule is NC(=O)c1ccc2c3cccc4cccc(c5ccc(C(N)=O)c1c25)c43. The van der Waals surface area contributed by atoms with E-state index in [1.807, 2.05) is 24.3 Å². The van der Waals surface area contributed by atoms with Gasteiger partial charge in [0.05, 0.1) is 0 Å². The van der Waals surface area contributed by atoms with Gasteiger partial charge in [-0.15, -0.1) is 0 Å². The van der Waals surface area contributed by atoms with Crippen LogP contribution in [-0.2, 0) is 0 Å². The third-order valence-corrected chi connectivity index (χ3v) is 5.18. The highest BCUT2D eigenvalue weighted by atomic mass is 16.1. The number of hydrogen-bond donors (Lipinski definition) is 2. The smallest absolute Gasteiger partial charge is 0.249 e. The van der Waals surface area contributed by atoms with Crippen molar-refractivity contribution in [2.24, 2.45) is 11.5 Å². The molecule has 0 heterocycles. The van der Waals surface area contributed by atoms with Crippen LogP contribution in [0, 0.1) is 0 Å². The lowest BCUT2D eigenvalue weighted by Crippen LogP contribution is -2.16. The molecule has 4 heteroatoms. The second-order valence-corrected chi connectivity index (χ2v) is 6.51. The van der Waals surface area contributed by atoms with Crippen molar-refractivity contribution in [3.63, 3.8) is 0 Å². The summed E-state index contributed by atoms with van der Waals surface area (Å²) in [6.45, 7) is 0. The van der Waals surface area contributed by atoms with Gasteiger partial charge in [0.25, 0.3) is 0 Å². The number of hydrogen-bond acceptors (Lipinski definition) is 2. The van der Waals surface area contributed by atoms with Crippen LogP contribution in [0.5, 0.6) is 0 Å². The number of fused-ring (bicyclic) bond motifs is 2. The van der Waals surface area contributed by atoms with Gasteiger partial charge in [0.15, 0.2) is 0 Å². The molecule has 0 atom stereocenters. The summed E-state index contributed by atoms with van der Waals surface area (Å²) in [5.41, 5.74) is 11.8. The number of primary amides is 2. The van der Waals surface area contributed by atoms with E-state index in [0.717, 1.165) is 32.3 Å². The quantitative estimate of drug-likeness (QED) is 0.377. The second-order valence-electron chi connectivity index (χ2n) is 6.51. The third-order valence-electron chi connectivity index (χ3n) is 5.18. The maximum absolute atomic E-state index is 12.0. The van der Waals surface area contributed by atoms with Crippen LogP contribution in [0.4, 0.5) is 0 Å². The molecule has 5 aromatic carbocycles. The van der Waals surface area contributed by atoms with Crippen molar-refractivity contribution in [3.8, 4) is 0 Å². The molecule has 2 amide bonds. The Kier molecular flexibility index (Phi) is 2.78. The van der Waals surface area contributed by atoms with E-state index in [1.165, 1.54) is 5.39 Å². The molecule has 0 radical (unpaired) electrons. The van der Waals surface area contributed by atoms with E-state index >= 15 is 0 Å². The molecular weight excluding hydrogens is 324 g/mol. The van der Waals surface area contributed by atoms with Gasteiger partial charge in [-0.1, -0.05) is 48.5 Å². The van der Waals surface area contributed by atoms with Gasteiger partial charge in [-0.05, 0) is 49.8 Å². The maximum atomic E-state index is 12.0. The Morgan fingerprint density at radius 1 is 0.538 bits per heavy atom. The van der Waals surface area contributed by atoms with Crippen molar-refractivity contribution >= 4 is 54.9 Å². The topological polar surface area (TPSA) is 86.2 Å². The van der Waals surface area contributed by atoms with E-state index in [1.54, 1.807) is 12.1 Å². The summed E-state index contributed by atoms with van der Waals surface area (Å²) in [5.74, 6) is -1.15. The number of benzene rings is 5. The molecule has 0 aliphatic heterocycles. The van der Waals surface area contributed by atoms with Crippen molar-refractivity contribution < 1.29 is 9.59 Å². The normalized spacial score (nSPS) is 11.7. The summed E-state index contributed by atoms with van der Waals surface area (Å²) in [5, 5.41) is 7.82. The average molecular weight is 338 g/mol. The molecule has 26 heavy (non-hydrogen) atoms. The van der Waals surface area contributed by atoms with Gasteiger partial charge < -0.3 is 11.5 Å². The predicted molar refractivity (Wildman–Crippen MR) is 105 cm³/mol. The van der Waals surface area contributed by atoms with Gasteiger partial charge in [-0.3, -0.25) is 9.59 Å². The highest BCUT2D eigenvalue weighted by Gasteiger charge is 2.20. The molecule has 0 unspecified atom stereocenters. The zero-order chi connectivity index (χ0) is 18.0. The molecule has 124 valence electrons. The van der Waals surface area contributed by atoms with Gasteiger partial charge in [0, 0.05) is 16.5 Å². The number of rotatable bonds is 2. The number of carbonyl (C=O) groups excluding carboxylic acids is 2. The van der Waals surface area contributed by atoms with Gasteiger partial charge >= 0.3 is 0 Å². The van der Waals surface area contributed by atoms with Gasteiger partial charge in [-0.25, -0.2) is 0 Å². The first-order chi connectivity index (χ1) is 12.6. The maximum Gasteiger partial charge on any atom is 0.249 e. The van der Waals surface area contributed by atoms with Crippen LogP contribution in [0.15, 0.2) is 60.7 Å². The van der Waals surface area contributed by atoms with E-state index in [-0.39, 0.29) is 0 Å². The Morgan fingerprint density at radius 3 is 1.46 bits per heavy atom. The minimum absolute atomic E-state index is 0.311. The number of carbonyl (C=O) groups is 2. The Morgan fingerprint density at radius 2 is 1.00 bits per heavy atom.